The van der Waals surface area contributed by atoms with Crippen molar-refractivity contribution in [3.05, 3.63) is 23.8 Å². The molecule has 1 aliphatic rings. The molecule has 0 radical (unpaired) electrons. The highest BCUT2D eigenvalue weighted by atomic mass is 19.4. The number of para-hydroxylation sites is 1. The normalized spacial score (nSPS) is 15.3. The smallest absolute Gasteiger partial charge is 0.422 e. The molecule has 16 heavy (non-hydrogen) atoms. The number of ether oxygens (including phenoxy) is 2. The van der Waals surface area contributed by atoms with Crippen LogP contribution in [-0.4, -0.2) is 12.3 Å². The van der Waals surface area contributed by atoms with Crippen LogP contribution in [0.25, 0.3) is 0 Å². The summed E-state index contributed by atoms with van der Waals surface area (Å²) in [7, 11) is 0. The molecule has 0 amide bonds. The molecule has 0 saturated heterocycles. The van der Waals surface area contributed by atoms with E-state index in [0.29, 0.717) is 12.0 Å². The Kier molecular flexibility index (Phi) is 2.49. The molecular formula is C10H7F3O3. The lowest BCUT2D eigenvalue weighted by molar-refractivity contribution is -0.275. The van der Waals surface area contributed by atoms with Crippen molar-refractivity contribution >= 4 is 5.97 Å². The average molecular weight is 232 g/mol. The Hall–Kier alpha value is -1.72. The summed E-state index contributed by atoms with van der Waals surface area (Å²) in [5.74, 6) is -1.15. The summed E-state index contributed by atoms with van der Waals surface area (Å²) in [5.41, 5.74) is 0.543. The van der Waals surface area contributed by atoms with Crippen LogP contribution in [0.4, 0.5) is 13.2 Å². The van der Waals surface area contributed by atoms with E-state index in [2.05, 4.69) is 4.74 Å². The number of carbonyl (C=O) groups is 1. The van der Waals surface area contributed by atoms with E-state index < -0.39 is 18.1 Å². The van der Waals surface area contributed by atoms with Gasteiger partial charge >= 0.3 is 12.3 Å². The Morgan fingerprint density at radius 3 is 2.69 bits per heavy atom. The number of hydrogen-bond acceptors (Lipinski definition) is 3. The summed E-state index contributed by atoms with van der Waals surface area (Å²) in [5, 5.41) is 0. The summed E-state index contributed by atoms with van der Waals surface area (Å²) in [4.78, 5) is 11.0. The van der Waals surface area contributed by atoms with Gasteiger partial charge in [-0.1, -0.05) is 12.1 Å². The van der Waals surface area contributed by atoms with E-state index in [1.54, 1.807) is 6.07 Å². The quantitative estimate of drug-likeness (QED) is 0.551. The van der Waals surface area contributed by atoms with E-state index in [4.69, 9.17) is 4.74 Å². The maximum Gasteiger partial charge on any atom is 0.573 e. The first-order valence-electron chi connectivity index (χ1n) is 4.54. The first kappa shape index (κ1) is 10.8. The molecule has 2 rings (SSSR count). The van der Waals surface area contributed by atoms with Gasteiger partial charge in [0.25, 0.3) is 0 Å². The molecule has 0 aromatic heterocycles. The minimum absolute atomic E-state index is 0.129. The van der Waals surface area contributed by atoms with Crippen LogP contribution in [0.1, 0.15) is 12.0 Å². The minimum atomic E-state index is -4.79. The summed E-state index contributed by atoms with van der Waals surface area (Å²) in [6.07, 6.45) is -4.26. The highest BCUT2D eigenvalue weighted by Crippen LogP contribution is 2.37. The van der Waals surface area contributed by atoms with Crippen LogP contribution in [0.2, 0.25) is 0 Å². The van der Waals surface area contributed by atoms with Gasteiger partial charge in [0.15, 0.2) is 11.5 Å². The van der Waals surface area contributed by atoms with Crippen molar-refractivity contribution in [1.82, 2.24) is 0 Å². The van der Waals surface area contributed by atoms with Gasteiger partial charge in [0.1, 0.15) is 0 Å². The fraction of sp³-hybridized carbons (Fsp3) is 0.300. The molecule has 6 heteroatoms. The Morgan fingerprint density at radius 1 is 1.25 bits per heavy atom. The summed E-state index contributed by atoms with van der Waals surface area (Å²) < 4.78 is 44.7. The van der Waals surface area contributed by atoms with Gasteiger partial charge in [0.05, 0.1) is 6.42 Å². The van der Waals surface area contributed by atoms with Crippen molar-refractivity contribution in [2.24, 2.45) is 0 Å². The van der Waals surface area contributed by atoms with Gasteiger partial charge < -0.3 is 9.47 Å². The van der Waals surface area contributed by atoms with Crippen molar-refractivity contribution in [2.75, 3.05) is 0 Å². The molecule has 1 aromatic carbocycles. The number of hydrogen-bond donors (Lipinski definition) is 0. The number of carbonyl (C=O) groups excluding carboxylic acids is 1. The predicted molar refractivity (Wildman–Crippen MR) is 47.1 cm³/mol. The maximum absolute atomic E-state index is 12.0. The second kappa shape index (κ2) is 3.70. The largest absolute Gasteiger partial charge is 0.573 e. The van der Waals surface area contributed by atoms with Crippen LogP contribution < -0.4 is 9.47 Å². The second-order valence-corrected chi connectivity index (χ2v) is 3.27. The highest BCUT2D eigenvalue weighted by molar-refractivity contribution is 5.76. The number of alkyl halides is 3. The van der Waals surface area contributed by atoms with Crippen molar-refractivity contribution < 1.29 is 27.4 Å². The van der Waals surface area contributed by atoms with Crippen LogP contribution in [-0.2, 0) is 11.2 Å². The average Bonchev–Trinajstić information content (AvgIpc) is 2.17. The van der Waals surface area contributed by atoms with E-state index >= 15 is 0 Å². The zero-order valence-electron chi connectivity index (χ0n) is 8.00. The third-order valence-corrected chi connectivity index (χ3v) is 2.10. The molecule has 0 aliphatic carbocycles. The molecule has 1 heterocycles. The molecule has 86 valence electrons. The van der Waals surface area contributed by atoms with Crippen LogP contribution in [0, 0.1) is 0 Å². The first-order chi connectivity index (χ1) is 7.46. The molecule has 1 aromatic rings. The van der Waals surface area contributed by atoms with Gasteiger partial charge in [-0.2, -0.15) is 0 Å². The third-order valence-electron chi connectivity index (χ3n) is 2.10. The highest BCUT2D eigenvalue weighted by Gasteiger charge is 2.34. The summed E-state index contributed by atoms with van der Waals surface area (Å²) in [6, 6.07) is 4.15. The van der Waals surface area contributed by atoms with Gasteiger partial charge in [-0.3, -0.25) is 4.79 Å². The number of halogens is 3. The van der Waals surface area contributed by atoms with Gasteiger partial charge in [0, 0.05) is 0 Å². The molecule has 1 aliphatic heterocycles. The number of rotatable bonds is 1. The van der Waals surface area contributed by atoms with E-state index in [-0.39, 0.29) is 12.2 Å². The molecule has 0 N–H and O–H groups in total. The molecule has 0 spiro atoms. The van der Waals surface area contributed by atoms with Crippen molar-refractivity contribution in [3.8, 4) is 11.5 Å². The summed E-state index contributed by atoms with van der Waals surface area (Å²) >= 11 is 0. The Balaban J connectivity index is 2.36. The van der Waals surface area contributed by atoms with Gasteiger partial charge in [-0.05, 0) is 18.1 Å². The topological polar surface area (TPSA) is 35.5 Å². The SMILES string of the molecule is O=C1CCc2cccc(OC(F)(F)F)c2O1. The zero-order chi connectivity index (χ0) is 11.8. The monoisotopic (exact) mass is 232 g/mol. The zero-order valence-corrected chi connectivity index (χ0v) is 8.00. The summed E-state index contributed by atoms with van der Waals surface area (Å²) in [6.45, 7) is 0. The minimum Gasteiger partial charge on any atom is -0.422 e. The van der Waals surface area contributed by atoms with Gasteiger partial charge in [-0.25, -0.2) is 0 Å². The van der Waals surface area contributed by atoms with E-state index in [9.17, 15) is 18.0 Å². The van der Waals surface area contributed by atoms with Crippen LogP contribution >= 0.6 is 0 Å². The van der Waals surface area contributed by atoms with Crippen molar-refractivity contribution in [1.29, 1.82) is 0 Å². The van der Waals surface area contributed by atoms with Crippen LogP contribution in [0.15, 0.2) is 18.2 Å². The predicted octanol–water partition coefficient (Wildman–Crippen LogP) is 2.44. The maximum atomic E-state index is 12.0. The number of fused-ring (bicyclic) bond motifs is 1. The lowest BCUT2D eigenvalue weighted by atomic mass is 10.1. The van der Waals surface area contributed by atoms with Crippen molar-refractivity contribution in [3.63, 3.8) is 0 Å². The fourth-order valence-electron chi connectivity index (χ4n) is 1.48. The Morgan fingerprint density at radius 2 is 2.00 bits per heavy atom. The van der Waals surface area contributed by atoms with Crippen LogP contribution in [0.5, 0.6) is 11.5 Å². The van der Waals surface area contributed by atoms with E-state index in [1.165, 1.54) is 6.07 Å². The second-order valence-electron chi connectivity index (χ2n) is 3.27. The molecule has 0 fully saturated rings. The lowest BCUT2D eigenvalue weighted by Crippen LogP contribution is -2.21. The molecule has 3 nitrogen and oxygen atoms in total. The Labute approximate surface area is 88.8 Å². The molecular weight excluding hydrogens is 225 g/mol. The lowest BCUT2D eigenvalue weighted by Gasteiger charge is -2.19. The fourth-order valence-corrected chi connectivity index (χ4v) is 1.48. The first-order valence-corrected chi connectivity index (χ1v) is 4.54. The van der Waals surface area contributed by atoms with Crippen LogP contribution in [0.3, 0.4) is 0 Å². The van der Waals surface area contributed by atoms with Gasteiger partial charge in [-0.15, -0.1) is 13.2 Å². The Bertz CT molecular complexity index is 426. The number of esters is 1. The molecule has 0 unspecified atom stereocenters. The third kappa shape index (κ3) is 2.26. The number of aryl methyl sites for hydroxylation is 1. The molecule has 0 bridgehead atoms. The van der Waals surface area contributed by atoms with E-state index in [1.807, 2.05) is 0 Å². The van der Waals surface area contributed by atoms with E-state index in [0.717, 1.165) is 6.07 Å². The van der Waals surface area contributed by atoms with Gasteiger partial charge in [0.2, 0.25) is 0 Å². The molecule has 0 saturated carbocycles. The molecule has 0 atom stereocenters. The standard InChI is InChI=1S/C10H7F3O3/c11-10(12,13)16-7-3-1-2-6-4-5-8(14)15-9(6)7/h1-3H,4-5H2. The number of benzene rings is 1. The van der Waals surface area contributed by atoms with Crippen molar-refractivity contribution in [2.45, 2.75) is 19.2 Å².